The number of hydrogen-bond acceptors (Lipinski definition) is 4. The summed E-state index contributed by atoms with van der Waals surface area (Å²) in [5.74, 6) is 0.364. The second kappa shape index (κ2) is 6.54. The topological polar surface area (TPSA) is 53.5 Å². The van der Waals surface area contributed by atoms with E-state index in [1.54, 1.807) is 6.20 Å². The van der Waals surface area contributed by atoms with Crippen molar-refractivity contribution < 1.29 is 12.8 Å². The lowest BCUT2D eigenvalue weighted by Gasteiger charge is -2.34. The summed E-state index contributed by atoms with van der Waals surface area (Å²) in [6, 6.07) is 9.26. The van der Waals surface area contributed by atoms with E-state index < -0.39 is 15.8 Å². The highest BCUT2D eigenvalue weighted by atomic mass is 79.9. The van der Waals surface area contributed by atoms with Crippen molar-refractivity contribution in [1.29, 1.82) is 0 Å². The van der Waals surface area contributed by atoms with E-state index in [4.69, 9.17) is 0 Å². The molecule has 1 aliphatic rings. The highest BCUT2D eigenvalue weighted by molar-refractivity contribution is 9.10. The van der Waals surface area contributed by atoms with E-state index >= 15 is 0 Å². The van der Waals surface area contributed by atoms with Gasteiger partial charge in [0.1, 0.15) is 11.6 Å². The Kier molecular flexibility index (Phi) is 4.65. The van der Waals surface area contributed by atoms with Crippen LogP contribution in [0.1, 0.15) is 0 Å². The second-order valence-electron chi connectivity index (χ2n) is 5.15. The maximum atomic E-state index is 13.2. The Hall–Kier alpha value is -1.51. The minimum Gasteiger partial charge on any atom is -0.354 e. The van der Waals surface area contributed by atoms with Crippen LogP contribution in [-0.4, -0.2) is 43.9 Å². The van der Waals surface area contributed by atoms with Gasteiger partial charge in [-0.3, -0.25) is 0 Å². The average molecular weight is 400 g/mol. The van der Waals surface area contributed by atoms with Gasteiger partial charge in [-0.1, -0.05) is 6.07 Å². The molecule has 5 nitrogen and oxygen atoms in total. The number of benzene rings is 1. The minimum atomic E-state index is -3.64. The summed E-state index contributed by atoms with van der Waals surface area (Å²) >= 11 is 3.13. The number of anilines is 1. The summed E-state index contributed by atoms with van der Waals surface area (Å²) in [5.41, 5.74) is 0. The van der Waals surface area contributed by atoms with Crippen molar-refractivity contribution in [1.82, 2.24) is 9.29 Å². The summed E-state index contributed by atoms with van der Waals surface area (Å²) in [7, 11) is -3.64. The molecule has 0 saturated carbocycles. The van der Waals surface area contributed by atoms with Gasteiger partial charge in [0, 0.05) is 36.8 Å². The first-order valence-corrected chi connectivity index (χ1v) is 9.33. The zero-order valence-electron chi connectivity index (χ0n) is 12.2. The maximum Gasteiger partial charge on any atom is 0.244 e. The van der Waals surface area contributed by atoms with Crippen LogP contribution in [0.2, 0.25) is 0 Å². The quantitative estimate of drug-likeness (QED) is 0.795. The fourth-order valence-corrected chi connectivity index (χ4v) is 4.95. The van der Waals surface area contributed by atoms with E-state index in [0.717, 1.165) is 18.0 Å². The molecule has 3 rings (SSSR count). The van der Waals surface area contributed by atoms with Gasteiger partial charge < -0.3 is 4.90 Å². The van der Waals surface area contributed by atoms with Crippen LogP contribution in [0.4, 0.5) is 10.2 Å². The molecule has 8 heteroatoms. The van der Waals surface area contributed by atoms with Crippen molar-refractivity contribution in [3.8, 4) is 0 Å². The molecule has 0 spiro atoms. The second-order valence-corrected chi connectivity index (χ2v) is 7.91. The fourth-order valence-electron chi connectivity index (χ4n) is 2.52. The number of hydrogen-bond donors (Lipinski definition) is 0. The monoisotopic (exact) mass is 399 g/mol. The van der Waals surface area contributed by atoms with Crippen molar-refractivity contribution in [2.45, 2.75) is 4.90 Å². The molecule has 1 saturated heterocycles. The van der Waals surface area contributed by atoms with Gasteiger partial charge in [-0.2, -0.15) is 4.31 Å². The maximum absolute atomic E-state index is 13.2. The Morgan fingerprint density at radius 1 is 1.09 bits per heavy atom. The number of aromatic nitrogens is 1. The fraction of sp³-hybridized carbons (Fsp3) is 0.267. The number of sulfonamides is 1. The molecule has 1 aliphatic heterocycles. The van der Waals surface area contributed by atoms with E-state index in [-0.39, 0.29) is 9.37 Å². The van der Waals surface area contributed by atoms with E-state index in [1.165, 1.54) is 10.4 Å². The first-order chi connectivity index (χ1) is 11.0. The van der Waals surface area contributed by atoms with E-state index in [9.17, 15) is 12.8 Å². The van der Waals surface area contributed by atoms with E-state index in [0.29, 0.717) is 26.2 Å². The summed E-state index contributed by atoms with van der Waals surface area (Å²) in [4.78, 5) is 6.42. The molecule has 2 heterocycles. The molecule has 1 aromatic carbocycles. The first kappa shape index (κ1) is 16.4. The van der Waals surface area contributed by atoms with Gasteiger partial charge in [0.25, 0.3) is 0 Å². The smallest absolute Gasteiger partial charge is 0.244 e. The van der Waals surface area contributed by atoms with Gasteiger partial charge in [-0.25, -0.2) is 17.8 Å². The van der Waals surface area contributed by atoms with Gasteiger partial charge in [0.15, 0.2) is 0 Å². The van der Waals surface area contributed by atoms with Gasteiger partial charge in [0.2, 0.25) is 10.0 Å². The minimum absolute atomic E-state index is 0.0881. The third-order valence-corrected chi connectivity index (χ3v) is 6.60. The lowest BCUT2D eigenvalue weighted by atomic mass is 10.3. The first-order valence-electron chi connectivity index (χ1n) is 7.10. The lowest BCUT2D eigenvalue weighted by molar-refractivity contribution is 0.383. The molecule has 122 valence electrons. The number of rotatable bonds is 3. The highest BCUT2D eigenvalue weighted by Crippen LogP contribution is 2.27. The van der Waals surface area contributed by atoms with Crippen LogP contribution in [0.3, 0.4) is 0 Å². The number of pyridine rings is 1. The zero-order valence-corrected chi connectivity index (χ0v) is 14.6. The predicted octanol–water partition coefficient (Wildman–Crippen LogP) is 2.49. The average Bonchev–Trinajstić information content (AvgIpc) is 2.55. The molecular weight excluding hydrogens is 385 g/mol. The third kappa shape index (κ3) is 3.39. The molecule has 1 aromatic heterocycles. The van der Waals surface area contributed by atoms with Crippen LogP contribution in [-0.2, 0) is 10.0 Å². The summed E-state index contributed by atoms with van der Waals surface area (Å²) < 4.78 is 40.2. The van der Waals surface area contributed by atoms with Gasteiger partial charge in [-0.05, 0) is 46.3 Å². The molecule has 0 N–H and O–H groups in total. The molecule has 0 unspecified atom stereocenters. The largest absolute Gasteiger partial charge is 0.354 e. The van der Waals surface area contributed by atoms with Crippen LogP contribution in [0.25, 0.3) is 0 Å². The summed E-state index contributed by atoms with van der Waals surface area (Å²) in [6.45, 7) is 1.86. The van der Waals surface area contributed by atoms with E-state index in [1.807, 2.05) is 23.1 Å². The molecule has 0 aliphatic carbocycles. The highest BCUT2D eigenvalue weighted by Gasteiger charge is 2.30. The van der Waals surface area contributed by atoms with Crippen LogP contribution in [0.5, 0.6) is 0 Å². The van der Waals surface area contributed by atoms with Crippen molar-refractivity contribution in [3.05, 3.63) is 52.9 Å². The SMILES string of the molecule is O=S(=O)(c1ccc(F)cc1Br)N1CCN(c2ccccn2)CC1. The van der Waals surface area contributed by atoms with Crippen LogP contribution < -0.4 is 4.90 Å². The Balaban J connectivity index is 1.76. The Morgan fingerprint density at radius 3 is 2.43 bits per heavy atom. The standard InChI is InChI=1S/C15H15BrFN3O2S/c16-13-11-12(17)4-5-14(13)23(21,22)20-9-7-19(8-10-20)15-3-1-2-6-18-15/h1-6,11H,7-10H2. The summed E-state index contributed by atoms with van der Waals surface area (Å²) in [6.07, 6.45) is 1.72. The Bertz CT molecular complexity index is 794. The van der Waals surface area contributed by atoms with Gasteiger partial charge >= 0.3 is 0 Å². The molecule has 0 amide bonds. The van der Waals surface area contributed by atoms with Crippen LogP contribution in [0, 0.1) is 5.82 Å². The van der Waals surface area contributed by atoms with Gasteiger partial charge in [0.05, 0.1) is 4.90 Å². The van der Waals surface area contributed by atoms with Crippen LogP contribution >= 0.6 is 15.9 Å². The van der Waals surface area contributed by atoms with Crippen molar-refractivity contribution in [2.75, 3.05) is 31.1 Å². The lowest BCUT2D eigenvalue weighted by Crippen LogP contribution is -2.49. The molecule has 0 atom stereocenters. The normalized spacial score (nSPS) is 16.5. The zero-order chi connectivity index (χ0) is 16.4. The Morgan fingerprint density at radius 2 is 1.83 bits per heavy atom. The van der Waals surface area contributed by atoms with E-state index in [2.05, 4.69) is 20.9 Å². The third-order valence-electron chi connectivity index (χ3n) is 3.72. The van der Waals surface area contributed by atoms with Crippen molar-refractivity contribution in [2.24, 2.45) is 0 Å². The Labute approximate surface area is 142 Å². The molecule has 0 radical (unpaired) electrons. The number of nitrogens with zero attached hydrogens (tertiary/aromatic N) is 3. The van der Waals surface area contributed by atoms with Crippen molar-refractivity contribution in [3.63, 3.8) is 0 Å². The van der Waals surface area contributed by atoms with Crippen LogP contribution in [0.15, 0.2) is 52.0 Å². The molecule has 0 bridgehead atoms. The molecule has 1 fully saturated rings. The van der Waals surface area contributed by atoms with Gasteiger partial charge in [-0.15, -0.1) is 0 Å². The molecular formula is C15H15BrFN3O2S. The number of halogens is 2. The van der Waals surface area contributed by atoms with Crippen molar-refractivity contribution >= 4 is 31.8 Å². The molecule has 2 aromatic rings. The number of piperazine rings is 1. The molecule has 23 heavy (non-hydrogen) atoms. The summed E-state index contributed by atoms with van der Waals surface area (Å²) in [5, 5.41) is 0. The predicted molar refractivity (Wildman–Crippen MR) is 89.3 cm³/mol.